The zero-order valence-electron chi connectivity index (χ0n) is 24.6. The quantitative estimate of drug-likeness (QED) is 0.196. The van der Waals surface area contributed by atoms with Crippen molar-refractivity contribution in [2.45, 2.75) is 84.4 Å². The number of nitrogens with zero attached hydrogens (tertiary/aromatic N) is 2. The van der Waals surface area contributed by atoms with Crippen LogP contribution in [0, 0.1) is 5.82 Å². The van der Waals surface area contributed by atoms with E-state index < -0.39 is 22.4 Å². The Morgan fingerprint density at radius 1 is 1.05 bits per heavy atom. The summed E-state index contributed by atoms with van der Waals surface area (Å²) < 4.78 is 29.2. The molecular formula is C29H44FN3O3Si2. The average Bonchev–Trinajstić information content (AvgIpc) is 3.14. The van der Waals surface area contributed by atoms with E-state index in [0.29, 0.717) is 46.8 Å². The molecule has 0 saturated heterocycles. The monoisotopic (exact) mass is 557 g/mol. The summed E-state index contributed by atoms with van der Waals surface area (Å²) in [6.07, 6.45) is 3.40. The van der Waals surface area contributed by atoms with Crippen molar-refractivity contribution in [3.8, 4) is 0 Å². The van der Waals surface area contributed by atoms with Crippen LogP contribution in [0.4, 0.5) is 15.8 Å². The molecule has 0 fully saturated rings. The summed E-state index contributed by atoms with van der Waals surface area (Å²) in [5.74, 6) is -0.849. The van der Waals surface area contributed by atoms with Crippen LogP contribution >= 0.6 is 0 Å². The van der Waals surface area contributed by atoms with Gasteiger partial charge in [-0.2, -0.15) is 0 Å². The molecule has 1 N–H and O–H groups in total. The van der Waals surface area contributed by atoms with E-state index in [9.17, 15) is 4.79 Å². The van der Waals surface area contributed by atoms with E-state index in [0.717, 1.165) is 16.1 Å². The fourth-order valence-corrected chi connectivity index (χ4v) is 12.5. The van der Waals surface area contributed by atoms with Crippen molar-refractivity contribution in [3.63, 3.8) is 0 Å². The summed E-state index contributed by atoms with van der Waals surface area (Å²) in [6.45, 7) is 21.0. The highest BCUT2D eigenvalue weighted by Gasteiger charge is 2.45. The fraction of sp³-hybridized carbons (Fsp3) is 0.517. The van der Waals surface area contributed by atoms with Gasteiger partial charge in [-0.3, -0.25) is 4.98 Å². The number of nitrogens with one attached hydrogen (secondary N) is 1. The number of fused-ring (bicyclic) bond motifs is 1. The fourth-order valence-electron chi connectivity index (χ4n) is 5.90. The van der Waals surface area contributed by atoms with Crippen molar-refractivity contribution in [2.75, 3.05) is 19.0 Å². The molecule has 0 bridgehead atoms. The number of pyridine rings is 1. The van der Waals surface area contributed by atoms with Gasteiger partial charge in [0.2, 0.25) is 0 Å². The molecule has 0 amide bonds. The lowest BCUT2D eigenvalue weighted by atomic mass is 10.2. The molecule has 3 aromatic rings. The van der Waals surface area contributed by atoms with E-state index >= 15 is 4.39 Å². The van der Waals surface area contributed by atoms with E-state index in [4.69, 9.17) is 9.16 Å². The van der Waals surface area contributed by atoms with Crippen molar-refractivity contribution < 1.29 is 18.3 Å². The number of rotatable bonds is 11. The Morgan fingerprint density at radius 2 is 1.68 bits per heavy atom. The van der Waals surface area contributed by atoms with Gasteiger partial charge in [-0.25, -0.2) is 9.18 Å². The highest BCUT2D eigenvalue weighted by Crippen LogP contribution is 2.42. The molecule has 0 aliphatic rings. The lowest BCUT2D eigenvalue weighted by Gasteiger charge is -2.42. The van der Waals surface area contributed by atoms with Gasteiger partial charge < -0.3 is 19.0 Å². The number of anilines is 2. The molecule has 0 atom stereocenters. The largest absolute Gasteiger partial charge is 0.464 e. The van der Waals surface area contributed by atoms with Gasteiger partial charge in [0, 0.05) is 24.3 Å². The second kappa shape index (κ2) is 11.7. The van der Waals surface area contributed by atoms with Gasteiger partial charge in [-0.15, -0.1) is 0 Å². The summed E-state index contributed by atoms with van der Waals surface area (Å²) in [6, 6.07) is 7.19. The second-order valence-electron chi connectivity index (χ2n) is 12.0. The van der Waals surface area contributed by atoms with Crippen LogP contribution in [0.1, 0.15) is 52.0 Å². The predicted octanol–water partition coefficient (Wildman–Crippen LogP) is 7.44. The van der Waals surface area contributed by atoms with E-state index in [1.807, 2.05) is 16.7 Å². The third-order valence-corrected chi connectivity index (χ3v) is 15.9. The molecule has 38 heavy (non-hydrogen) atoms. The number of halogens is 1. The Kier molecular flexibility index (Phi) is 9.26. The van der Waals surface area contributed by atoms with Crippen LogP contribution in [0.5, 0.6) is 0 Å². The number of hydrogen-bond acceptors (Lipinski definition) is 5. The van der Waals surface area contributed by atoms with Crippen molar-refractivity contribution >= 4 is 49.8 Å². The standard InChI is InChI=1S/C29H44FN3O3Si2/c1-19(2)38(20(3)4,21(5)6)36-16-15-33-26-13-14-31-18-23(26)27(28(33)29(34)35-7)32-25-12-11-22(17-24(25)30)37(8,9)10/h11-14,17-21,32H,15-16H2,1-10H3. The number of ether oxygens (including phenoxy) is 1. The summed E-state index contributed by atoms with van der Waals surface area (Å²) >= 11 is 0. The van der Waals surface area contributed by atoms with Crippen LogP contribution in [0.15, 0.2) is 36.7 Å². The number of aromatic nitrogens is 2. The minimum Gasteiger partial charge on any atom is -0.464 e. The van der Waals surface area contributed by atoms with E-state index in [1.165, 1.54) is 7.11 Å². The molecule has 1 aromatic carbocycles. The summed E-state index contributed by atoms with van der Waals surface area (Å²) in [5, 5.41) is 4.96. The number of methoxy groups -OCH3 is 1. The molecule has 0 unspecified atom stereocenters. The van der Waals surface area contributed by atoms with Gasteiger partial charge in [-0.1, -0.05) is 72.4 Å². The van der Waals surface area contributed by atoms with Crippen molar-refractivity contribution in [3.05, 3.63) is 48.2 Å². The van der Waals surface area contributed by atoms with Gasteiger partial charge in [0.1, 0.15) is 5.82 Å². The number of benzene rings is 1. The topological polar surface area (TPSA) is 65.4 Å². The molecule has 2 heterocycles. The van der Waals surface area contributed by atoms with Crippen LogP contribution in [-0.4, -0.2) is 45.6 Å². The van der Waals surface area contributed by atoms with Crippen LogP contribution in [0.3, 0.4) is 0 Å². The minimum atomic E-state index is -2.09. The molecule has 0 radical (unpaired) electrons. The van der Waals surface area contributed by atoms with Gasteiger partial charge in [0.05, 0.1) is 38.7 Å². The number of carbonyl (C=O) groups excluding carboxylic acids is 1. The molecule has 0 saturated carbocycles. The average molecular weight is 558 g/mol. The molecule has 208 valence electrons. The lowest BCUT2D eigenvalue weighted by molar-refractivity contribution is 0.0589. The predicted molar refractivity (Wildman–Crippen MR) is 161 cm³/mol. The summed E-state index contributed by atoms with van der Waals surface area (Å²) in [4.78, 5) is 17.4. The minimum absolute atomic E-state index is 0.308. The third kappa shape index (κ3) is 5.74. The highest BCUT2D eigenvalue weighted by atomic mass is 28.4. The SMILES string of the molecule is COC(=O)c1c(Nc2ccc([Si](C)(C)C)cc2F)c2cnccc2n1CCO[Si](C(C)C)(C(C)C)C(C)C. The van der Waals surface area contributed by atoms with Crippen molar-refractivity contribution in [2.24, 2.45) is 0 Å². The molecule has 3 rings (SSSR count). The molecule has 2 aromatic heterocycles. The molecule has 0 aliphatic heterocycles. The number of carbonyl (C=O) groups is 1. The molecule has 6 nitrogen and oxygen atoms in total. The first-order valence-corrected chi connectivity index (χ1v) is 19.1. The van der Waals surface area contributed by atoms with Crippen molar-refractivity contribution in [1.29, 1.82) is 0 Å². The second-order valence-corrected chi connectivity index (χ2v) is 22.5. The first-order chi connectivity index (χ1) is 17.7. The molecule has 0 aliphatic carbocycles. The normalized spacial score (nSPS) is 12.7. The zero-order valence-corrected chi connectivity index (χ0v) is 26.6. The maximum Gasteiger partial charge on any atom is 0.356 e. The third-order valence-electron chi connectivity index (χ3n) is 7.71. The van der Waals surface area contributed by atoms with Crippen molar-refractivity contribution in [1.82, 2.24) is 9.55 Å². The first-order valence-electron chi connectivity index (χ1n) is 13.5. The van der Waals surface area contributed by atoms with Crippen LogP contribution < -0.4 is 10.5 Å². The van der Waals surface area contributed by atoms with Crippen LogP contribution in [0.25, 0.3) is 10.9 Å². The van der Waals surface area contributed by atoms with E-state index in [2.05, 4.69) is 71.5 Å². The molecule has 9 heteroatoms. The lowest BCUT2D eigenvalue weighted by Crippen LogP contribution is -2.48. The molecule has 0 spiro atoms. The first kappa shape index (κ1) is 30.1. The number of esters is 1. The Hall–Kier alpha value is -2.50. The Labute approximate surface area is 229 Å². The van der Waals surface area contributed by atoms with Gasteiger partial charge in [-0.05, 0) is 34.8 Å². The zero-order chi connectivity index (χ0) is 28.4. The molecular weight excluding hydrogens is 514 g/mol. The van der Waals surface area contributed by atoms with E-state index in [-0.39, 0.29) is 5.82 Å². The van der Waals surface area contributed by atoms with Gasteiger partial charge >= 0.3 is 5.97 Å². The maximum atomic E-state index is 15.3. The number of hydrogen-bond donors (Lipinski definition) is 1. The summed E-state index contributed by atoms with van der Waals surface area (Å²) in [5.41, 5.74) is 3.30. The van der Waals surface area contributed by atoms with Gasteiger partial charge in [0.25, 0.3) is 0 Å². The summed E-state index contributed by atoms with van der Waals surface area (Å²) in [7, 11) is -2.40. The van der Waals surface area contributed by atoms with Crippen LogP contribution in [-0.2, 0) is 15.7 Å². The Balaban J connectivity index is 2.07. The van der Waals surface area contributed by atoms with E-state index in [1.54, 1.807) is 24.5 Å². The Bertz CT molecular complexity index is 1260. The maximum absolute atomic E-state index is 15.3. The highest BCUT2D eigenvalue weighted by molar-refractivity contribution is 6.88. The van der Waals surface area contributed by atoms with Gasteiger partial charge in [0.15, 0.2) is 14.0 Å². The van der Waals surface area contributed by atoms with Crippen LogP contribution in [0.2, 0.25) is 36.3 Å². The Morgan fingerprint density at radius 3 is 2.21 bits per heavy atom. The smallest absolute Gasteiger partial charge is 0.356 e.